The van der Waals surface area contributed by atoms with Crippen molar-refractivity contribution in [3.63, 3.8) is 0 Å². The highest BCUT2D eigenvalue weighted by atomic mass is 16.5. The van der Waals surface area contributed by atoms with Gasteiger partial charge in [0.2, 0.25) is 0 Å². The van der Waals surface area contributed by atoms with Gasteiger partial charge in [0.05, 0.1) is 18.5 Å². The highest BCUT2D eigenvalue weighted by Crippen LogP contribution is 2.14. The number of primary amides is 1. The summed E-state index contributed by atoms with van der Waals surface area (Å²) >= 11 is 0. The van der Waals surface area contributed by atoms with E-state index in [2.05, 4.69) is 10.2 Å². The van der Waals surface area contributed by atoms with Gasteiger partial charge in [-0.1, -0.05) is 0 Å². The van der Waals surface area contributed by atoms with Gasteiger partial charge in [-0.2, -0.15) is 9.90 Å². The van der Waals surface area contributed by atoms with Crippen molar-refractivity contribution in [2.24, 2.45) is 5.73 Å². The summed E-state index contributed by atoms with van der Waals surface area (Å²) in [6.45, 7) is 1.69. The zero-order valence-corrected chi connectivity index (χ0v) is 9.54. The standard InChI is InChI=1S/C11H12N4O2/c1-7-10(11(12)16)14-15(13-7)8-3-5-9(17-2)6-4-8/h3-6H,1-2H3,(H2,12,16). The van der Waals surface area contributed by atoms with Crippen molar-refractivity contribution >= 4 is 5.91 Å². The number of nitrogens with two attached hydrogens (primary N) is 1. The van der Waals surface area contributed by atoms with Gasteiger partial charge in [-0.05, 0) is 31.2 Å². The van der Waals surface area contributed by atoms with E-state index in [9.17, 15) is 4.79 Å². The quantitative estimate of drug-likeness (QED) is 0.843. The lowest BCUT2D eigenvalue weighted by molar-refractivity contribution is 0.0994. The lowest BCUT2D eigenvalue weighted by atomic mass is 10.3. The van der Waals surface area contributed by atoms with Crippen molar-refractivity contribution in [2.45, 2.75) is 6.92 Å². The van der Waals surface area contributed by atoms with Crippen LogP contribution in [0.15, 0.2) is 24.3 Å². The molecule has 1 aromatic heterocycles. The maximum atomic E-state index is 11.1. The zero-order chi connectivity index (χ0) is 12.4. The molecule has 6 heteroatoms. The molecule has 2 N–H and O–H groups in total. The average Bonchev–Trinajstić information content (AvgIpc) is 2.71. The number of ether oxygens (including phenoxy) is 1. The average molecular weight is 232 g/mol. The van der Waals surface area contributed by atoms with Gasteiger partial charge in [-0.25, -0.2) is 0 Å². The lowest BCUT2D eigenvalue weighted by Crippen LogP contribution is -2.13. The molecule has 0 aliphatic heterocycles. The molecule has 2 aromatic rings. The molecule has 0 atom stereocenters. The minimum absolute atomic E-state index is 0.181. The largest absolute Gasteiger partial charge is 0.497 e. The molecule has 1 amide bonds. The lowest BCUT2D eigenvalue weighted by Gasteiger charge is -2.01. The number of carbonyl (C=O) groups is 1. The van der Waals surface area contributed by atoms with Gasteiger partial charge in [-0.3, -0.25) is 4.79 Å². The fraction of sp³-hybridized carbons (Fsp3) is 0.182. The Balaban J connectivity index is 2.39. The minimum atomic E-state index is -0.581. The van der Waals surface area contributed by atoms with Crippen molar-refractivity contribution in [3.05, 3.63) is 35.7 Å². The van der Waals surface area contributed by atoms with Gasteiger partial charge < -0.3 is 10.5 Å². The van der Waals surface area contributed by atoms with Gasteiger partial charge in [0, 0.05) is 0 Å². The summed E-state index contributed by atoms with van der Waals surface area (Å²) in [5.74, 6) is 0.162. The smallest absolute Gasteiger partial charge is 0.271 e. The van der Waals surface area contributed by atoms with Crippen molar-refractivity contribution in [3.8, 4) is 11.4 Å². The summed E-state index contributed by atoms with van der Waals surface area (Å²) in [7, 11) is 1.59. The zero-order valence-electron chi connectivity index (χ0n) is 9.54. The molecular weight excluding hydrogens is 220 g/mol. The second kappa shape index (κ2) is 4.25. The molecule has 0 saturated heterocycles. The van der Waals surface area contributed by atoms with E-state index in [1.165, 1.54) is 4.80 Å². The number of nitrogens with zero attached hydrogens (tertiary/aromatic N) is 3. The number of carbonyl (C=O) groups excluding carboxylic acids is 1. The Morgan fingerprint density at radius 3 is 2.41 bits per heavy atom. The molecule has 0 spiro atoms. The second-order valence-electron chi connectivity index (χ2n) is 3.49. The fourth-order valence-electron chi connectivity index (χ4n) is 1.44. The molecule has 0 aliphatic rings. The predicted molar refractivity (Wildman–Crippen MR) is 61.2 cm³/mol. The van der Waals surface area contributed by atoms with Crippen LogP contribution in [0.1, 0.15) is 16.2 Å². The molecular formula is C11H12N4O2. The summed E-state index contributed by atoms with van der Waals surface area (Å²) in [6, 6.07) is 7.17. The van der Waals surface area contributed by atoms with Crippen LogP contribution in [0.3, 0.4) is 0 Å². The first-order chi connectivity index (χ1) is 8.11. The first-order valence-electron chi connectivity index (χ1n) is 5.00. The number of hydrogen-bond donors (Lipinski definition) is 1. The van der Waals surface area contributed by atoms with Gasteiger partial charge in [0.1, 0.15) is 5.75 Å². The van der Waals surface area contributed by atoms with E-state index in [0.29, 0.717) is 5.69 Å². The Kier molecular flexibility index (Phi) is 2.78. The molecule has 6 nitrogen and oxygen atoms in total. The molecule has 0 fully saturated rings. The number of amides is 1. The van der Waals surface area contributed by atoms with E-state index in [-0.39, 0.29) is 5.69 Å². The number of hydrogen-bond acceptors (Lipinski definition) is 4. The Labute approximate surface area is 98.0 Å². The van der Waals surface area contributed by atoms with Crippen LogP contribution in [0, 0.1) is 6.92 Å². The summed E-state index contributed by atoms with van der Waals surface area (Å²) in [5, 5.41) is 8.15. The number of aromatic nitrogens is 3. The number of benzene rings is 1. The van der Waals surface area contributed by atoms with Gasteiger partial charge in [0.25, 0.3) is 5.91 Å². The van der Waals surface area contributed by atoms with Crippen LogP contribution in [-0.4, -0.2) is 28.0 Å². The molecule has 0 bridgehead atoms. The van der Waals surface area contributed by atoms with E-state index >= 15 is 0 Å². The van der Waals surface area contributed by atoms with Crippen LogP contribution in [-0.2, 0) is 0 Å². The van der Waals surface area contributed by atoms with Crippen LogP contribution in [0.2, 0.25) is 0 Å². The van der Waals surface area contributed by atoms with Crippen LogP contribution >= 0.6 is 0 Å². The van der Waals surface area contributed by atoms with Gasteiger partial charge >= 0.3 is 0 Å². The molecule has 2 rings (SSSR count). The third kappa shape index (κ3) is 2.10. The Morgan fingerprint density at radius 1 is 1.29 bits per heavy atom. The Bertz CT molecular complexity index is 545. The van der Waals surface area contributed by atoms with E-state index in [1.807, 2.05) is 0 Å². The molecule has 17 heavy (non-hydrogen) atoms. The summed E-state index contributed by atoms with van der Waals surface area (Å²) in [5.41, 5.74) is 6.60. The van der Waals surface area contributed by atoms with Gasteiger partial charge in [0.15, 0.2) is 5.69 Å². The van der Waals surface area contributed by atoms with E-state index < -0.39 is 5.91 Å². The molecule has 1 heterocycles. The fourth-order valence-corrected chi connectivity index (χ4v) is 1.44. The molecule has 0 unspecified atom stereocenters. The highest BCUT2D eigenvalue weighted by molar-refractivity contribution is 5.91. The highest BCUT2D eigenvalue weighted by Gasteiger charge is 2.12. The number of methoxy groups -OCH3 is 1. The van der Waals surface area contributed by atoms with Crippen LogP contribution in [0.4, 0.5) is 0 Å². The maximum Gasteiger partial charge on any atom is 0.271 e. The number of aryl methyl sites for hydroxylation is 1. The number of rotatable bonds is 3. The van der Waals surface area contributed by atoms with Crippen molar-refractivity contribution in [1.82, 2.24) is 15.0 Å². The summed E-state index contributed by atoms with van der Waals surface area (Å²) in [4.78, 5) is 12.4. The van der Waals surface area contributed by atoms with Crippen molar-refractivity contribution in [2.75, 3.05) is 7.11 Å². The van der Waals surface area contributed by atoms with Crippen molar-refractivity contribution < 1.29 is 9.53 Å². The summed E-state index contributed by atoms with van der Waals surface area (Å²) in [6.07, 6.45) is 0. The SMILES string of the molecule is COc1ccc(-n2nc(C)c(C(N)=O)n2)cc1. The van der Waals surface area contributed by atoms with E-state index in [1.54, 1.807) is 38.3 Å². The topological polar surface area (TPSA) is 83.0 Å². The third-order valence-corrected chi connectivity index (χ3v) is 2.32. The van der Waals surface area contributed by atoms with E-state index in [0.717, 1.165) is 11.4 Å². The summed E-state index contributed by atoms with van der Waals surface area (Å²) < 4.78 is 5.05. The van der Waals surface area contributed by atoms with Crippen LogP contribution < -0.4 is 10.5 Å². The Morgan fingerprint density at radius 2 is 1.94 bits per heavy atom. The molecule has 0 saturated carbocycles. The minimum Gasteiger partial charge on any atom is -0.497 e. The second-order valence-corrected chi connectivity index (χ2v) is 3.49. The Hall–Kier alpha value is -2.37. The monoisotopic (exact) mass is 232 g/mol. The predicted octanol–water partition coefficient (Wildman–Crippen LogP) is 0.683. The maximum absolute atomic E-state index is 11.1. The molecule has 1 aromatic carbocycles. The van der Waals surface area contributed by atoms with Crippen LogP contribution in [0.5, 0.6) is 5.75 Å². The first kappa shape index (κ1) is 11.1. The third-order valence-electron chi connectivity index (χ3n) is 2.32. The van der Waals surface area contributed by atoms with Gasteiger partial charge in [-0.15, -0.1) is 5.10 Å². The normalized spacial score (nSPS) is 10.2. The molecule has 0 aliphatic carbocycles. The van der Waals surface area contributed by atoms with Crippen molar-refractivity contribution in [1.29, 1.82) is 0 Å². The first-order valence-corrected chi connectivity index (χ1v) is 5.00. The van der Waals surface area contributed by atoms with Crippen LogP contribution in [0.25, 0.3) is 5.69 Å². The molecule has 88 valence electrons. The van der Waals surface area contributed by atoms with E-state index in [4.69, 9.17) is 10.5 Å². The molecule has 0 radical (unpaired) electrons.